The van der Waals surface area contributed by atoms with E-state index in [9.17, 15) is 0 Å². The Balaban J connectivity index is 1.31. The van der Waals surface area contributed by atoms with Gasteiger partial charge >= 0.3 is 6.01 Å². The van der Waals surface area contributed by atoms with Gasteiger partial charge in [-0.05, 0) is 81.2 Å². The number of anilines is 1. The van der Waals surface area contributed by atoms with Gasteiger partial charge in [-0.1, -0.05) is 36.4 Å². The zero-order valence-corrected chi connectivity index (χ0v) is 24.1. The van der Waals surface area contributed by atoms with Gasteiger partial charge in [-0.2, -0.15) is 9.97 Å². The molecule has 0 radical (unpaired) electrons. The number of nitrogens with zero attached hydrogens (tertiary/aromatic N) is 4. The third-order valence-electron chi connectivity index (χ3n) is 9.57. The van der Waals surface area contributed by atoms with Crippen molar-refractivity contribution >= 4 is 42.0 Å². The molecule has 40 heavy (non-hydrogen) atoms. The molecule has 7 nitrogen and oxygen atoms in total. The van der Waals surface area contributed by atoms with Crippen LogP contribution in [0.5, 0.6) is 6.01 Å². The molecule has 1 atom stereocenters. The molecule has 4 heterocycles. The third kappa shape index (κ3) is 4.32. The molecule has 2 saturated heterocycles. The van der Waals surface area contributed by atoms with E-state index in [4.69, 9.17) is 9.72 Å². The molecule has 0 bridgehead atoms. The first-order valence-electron chi connectivity index (χ1n) is 14.5. The van der Waals surface area contributed by atoms with Crippen LogP contribution in [0.4, 0.5) is 10.2 Å². The standard InChI is InChI=1S/C31H36FN6OP/c1-33-30(11-4-12-30)18-35-28-22-17-34-26(21-9-2-7-20-8-3-10-23(40)24(20)21)25(32)27(22)36-29(37-28)39-19-31-13-5-15-38(31)16-6-14-31/h2-3,7-10,17,33H,4-6,11-16,18-19,40H2,1H3,(H,35,36,37). The predicted molar refractivity (Wildman–Crippen MR) is 162 cm³/mol. The summed E-state index contributed by atoms with van der Waals surface area (Å²) in [5.41, 5.74) is 1.33. The van der Waals surface area contributed by atoms with E-state index in [1.54, 1.807) is 6.20 Å². The minimum atomic E-state index is -0.456. The molecule has 4 aromatic rings. The van der Waals surface area contributed by atoms with Crippen LogP contribution in [0.2, 0.25) is 0 Å². The fraction of sp³-hybridized carbons (Fsp3) is 0.452. The van der Waals surface area contributed by atoms with Crippen molar-refractivity contribution in [3.05, 3.63) is 48.4 Å². The quantitative estimate of drug-likeness (QED) is 0.293. The molecule has 3 fully saturated rings. The zero-order chi connectivity index (χ0) is 27.3. The fourth-order valence-electron chi connectivity index (χ4n) is 7.02. The Morgan fingerprint density at radius 3 is 2.52 bits per heavy atom. The Morgan fingerprint density at radius 1 is 1.02 bits per heavy atom. The number of pyridine rings is 1. The highest BCUT2D eigenvalue weighted by atomic mass is 31.0. The van der Waals surface area contributed by atoms with Crippen molar-refractivity contribution in [3.8, 4) is 17.3 Å². The molecular weight excluding hydrogens is 522 g/mol. The number of ether oxygens (including phenoxy) is 1. The second kappa shape index (κ2) is 10.2. The van der Waals surface area contributed by atoms with Crippen molar-refractivity contribution in [1.29, 1.82) is 0 Å². The molecule has 0 amide bonds. The first kappa shape index (κ1) is 26.0. The van der Waals surface area contributed by atoms with Crippen LogP contribution in [0.3, 0.4) is 0 Å². The SMILES string of the molecule is CNC1(CNc2nc(OCC34CCCN3CCC4)nc3c(F)c(-c4cccc5cccc(P)c45)ncc23)CCC1. The van der Waals surface area contributed by atoms with E-state index in [0.717, 1.165) is 60.4 Å². The topological polar surface area (TPSA) is 75.2 Å². The first-order valence-corrected chi connectivity index (χ1v) is 15.0. The lowest BCUT2D eigenvalue weighted by molar-refractivity contribution is 0.108. The molecule has 2 N–H and O–H groups in total. The lowest BCUT2D eigenvalue weighted by Crippen LogP contribution is -2.54. The highest BCUT2D eigenvalue weighted by molar-refractivity contribution is 7.28. The molecule has 1 aliphatic carbocycles. The summed E-state index contributed by atoms with van der Waals surface area (Å²) in [6.07, 6.45) is 9.70. The first-order chi connectivity index (χ1) is 19.5. The average molecular weight is 559 g/mol. The minimum Gasteiger partial charge on any atom is -0.461 e. The summed E-state index contributed by atoms with van der Waals surface area (Å²) in [5.74, 6) is 0.110. The Morgan fingerprint density at radius 2 is 1.80 bits per heavy atom. The number of aromatic nitrogens is 3. The lowest BCUT2D eigenvalue weighted by atomic mass is 9.77. The third-order valence-corrected chi connectivity index (χ3v) is 10.1. The van der Waals surface area contributed by atoms with Gasteiger partial charge in [0.15, 0.2) is 5.82 Å². The number of hydrogen-bond acceptors (Lipinski definition) is 7. The number of nitrogens with one attached hydrogen (secondary N) is 2. The largest absolute Gasteiger partial charge is 0.461 e. The van der Waals surface area contributed by atoms with Crippen molar-refractivity contribution in [3.63, 3.8) is 0 Å². The molecule has 208 valence electrons. The Kier molecular flexibility index (Phi) is 6.61. The van der Waals surface area contributed by atoms with E-state index in [0.29, 0.717) is 24.4 Å². The number of halogens is 1. The highest BCUT2D eigenvalue weighted by Gasteiger charge is 2.45. The maximum atomic E-state index is 16.5. The monoisotopic (exact) mass is 558 g/mol. The van der Waals surface area contributed by atoms with E-state index in [1.807, 2.05) is 43.4 Å². The molecule has 1 saturated carbocycles. The Labute approximate surface area is 236 Å². The molecule has 0 spiro atoms. The van der Waals surface area contributed by atoms with Gasteiger partial charge in [0.05, 0.1) is 10.9 Å². The van der Waals surface area contributed by atoms with Crippen LogP contribution in [-0.2, 0) is 0 Å². The number of likely N-dealkylation sites (N-methyl/N-ethyl adjacent to an activating group) is 1. The predicted octanol–water partition coefficient (Wildman–Crippen LogP) is 5.05. The van der Waals surface area contributed by atoms with E-state index in [-0.39, 0.29) is 28.3 Å². The van der Waals surface area contributed by atoms with Crippen LogP contribution in [0, 0.1) is 5.82 Å². The number of hydrogen-bond donors (Lipinski definition) is 2. The summed E-state index contributed by atoms with van der Waals surface area (Å²) in [7, 11) is 4.76. The Bertz CT molecular complexity index is 1570. The number of benzene rings is 2. The van der Waals surface area contributed by atoms with Crippen molar-refractivity contribution < 1.29 is 9.13 Å². The van der Waals surface area contributed by atoms with Gasteiger partial charge in [0.25, 0.3) is 0 Å². The van der Waals surface area contributed by atoms with Gasteiger partial charge in [-0.15, -0.1) is 9.24 Å². The summed E-state index contributed by atoms with van der Waals surface area (Å²) in [6.45, 7) is 3.45. The van der Waals surface area contributed by atoms with E-state index < -0.39 is 5.82 Å². The summed E-state index contributed by atoms with van der Waals surface area (Å²) < 4.78 is 22.8. The van der Waals surface area contributed by atoms with Crippen LogP contribution in [0.25, 0.3) is 32.9 Å². The summed E-state index contributed by atoms with van der Waals surface area (Å²) in [4.78, 5) is 16.6. The molecule has 2 aromatic carbocycles. The zero-order valence-electron chi connectivity index (χ0n) is 23.0. The van der Waals surface area contributed by atoms with Gasteiger partial charge in [-0.3, -0.25) is 9.88 Å². The Hall–Kier alpha value is -2.93. The van der Waals surface area contributed by atoms with Crippen LogP contribution in [0.15, 0.2) is 42.6 Å². The van der Waals surface area contributed by atoms with Gasteiger partial charge in [-0.25, -0.2) is 4.39 Å². The van der Waals surface area contributed by atoms with Gasteiger partial charge in [0.2, 0.25) is 0 Å². The van der Waals surface area contributed by atoms with Gasteiger partial charge in [0, 0.05) is 23.8 Å². The fourth-order valence-corrected chi connectivity index (χ4v) is 7.46. The van der Waals surface area contributed by atoms with E-state index in [2.05, 4.69) is 34.7 Å². The average Bonchev–Trinajstić information content (AvgIpc) is 3.53. The number of rotatable bonds is 8. The van der Waals surface area contributed by atoms with Crippen molar-refractivity contribution in [2.75, 3.05) is 38.6 Å². The number of fused-ring (bicyclic) bond motifs is 3. The minimum absolute atomic E-state index is 0.0233. The van der Waals surface area contributed by atoms with Gasteiger partial charge < -0.3 is 15.4 Å². The molecule has 7 rings (SSSR count). The second-order valence-electron chi connectivity index (χ2n) is 11.7. The lowest BCUT2D eigenvalue weighted by Gasteiger charge is -2.42. The smallest absolute Gasteiger partial charge is 0.319 e. The molecule has 9 heteroatoms. The maximum absolute atomic E-state index is 16.5. The highest BCUT2D eigenvalue weighted by Crippen LogP contribution is 2.40. The summed E-state index contributed by atoms with van der Waals surface area (Å²) in [5, 5.41) is 10.5. The van der Waals surface area contributed by atoms with Crippen molar-refractivity contribution in [2.24, 2.45) is 0 Å². The van der Waals surface area contributed by atoms with Crippen LogP contribution < -0.4 is 20.7 Å². The van der Waals surface area contributed by atoms with Gasteiger partial charge in [0.1, 0.15) is 23.6 Å². The summed E-state index contributed by atoms with van der Waals surface area (Å²) >= 11 is 0. The van der Waals surface area contributed by atoms with Crippen molar-refractivity contribution in [2.45, 2.75) is 56.0 Å². The van der Waals surface area contributed by atoms with Crippen molar-refractivity contribution in [1.82, 2.24) is 25.2 Å². The van der Waals surface area contributed by atoms with Crippen LogP contribution in [0.1, 0.15) is 44.9 Å². The molecule has 2 aliphatic heterocycles. The van der Waals surface area contributed by atoms with Crippen LogP contribution in [-0.4, -0.2) is 64.2 Å². The molecule has 3 aliphatic rings. The normalized spacial score (nSPS) is 19.6. The van der Waals surface area contributed by atoms with Crippen LogP contribution >= 0.6 is 9.24 Å². The second-order valence-corrected chi connectivity index (χ2v) is 12.4. The summed E-state index contributed by atoms with van der Waals surface area (Å²) in [6, 6.07) is 12.2. The van der Waals surface area contributed by atoms with E-state index in [1.165, 1.54) is 19.3 Å². The van der Waals surface area contributed by atoms with E-state index >= 15 is 4.39 Å². The maximum Gasteiger partial charge on any atom is 0.319 e. The molecule has 2 aromatic heterocycles. The molecule has 1 unspecified atom stereocenters. The molecular formula is C31H36FN6OP.